The van der Waals surface area contributed by atoms with Crippen LogP contribution in [0.3, 0.4) is 0 Å². The summed E-state index contributed by atoms with van der Waals surface area (Å²) in [6.45, 7) is 1.12. The van der Waals surface area contributed by atoms with Crippen molar-refractivity contribution in [2.75, 3.05) is 29.4 Å². The van der Waals surface area contributed by atoms with Crippen molar-refractivity contribution in [3.63, 3.8) is 0 Å². The summed E-state index contributed by atoms with van der Waals surface area (Å²) in [5.74, 6) is -1.83. The predicted molar refractivity (Wildman–Crippen MR) is 103 cm³/mol. The fraction of sp³-hybridized carbons (Fsp3) is 0.222. The van der Waals surface area contributed by atoms with E-state index in [1.54, 1.807) is 0 Å². The fourth-order valence-corrected chi connectivity index (χ4v) is 2.85. The molecule has 0 saturated heterocycles. The summed E-state index contributed by atoms with van der Waals surface area (Å²) in [5.41, 5.74) is 0.404. The van der Waals surface area contributed by atoms with E-state index in [-0.39, 0.29) is 29.3 Å². The number of carbonyl (C=O) groups excluding carboxylic acids is 2. The Bertz CT molecular complexity index is 979. The molecule has 0 bridgehead atoms. The molecule has 0 aliphatic rings. The van der Waals surface area contributed by atoms with E-state index < -0.39 is 27.7 Å². The van der Waals surface area contributed by atoms with Crippen LogP contribution in [0.2, 0.25) is 0 Å². The lowest BCUT2D eigenvalue weighted by molar-refractivity contribution is -0.115. The highest BCUT2D eigenvalue weighted by Crippen LogP contribution is 2.28. The largest absolute Gasteiger partial charge is 0.494 e. The van der Waals surface area contributed by atoms with Crippen molar-refractivity contribution in [2.24, 2.45) is 0 Å². The van der Waals surface area contributed by atoms with Crippen LogP contribution in [-0.4, -0.2) is 39.6 Å². The van der Waals surface area contributed by atoms with E-state index in [4.69, 9.17) is 4.74 Å². The first-order chi connectivity index (χ1) is 13.3. The molecule has 0 aliphatic carbocycles. The molecule has 2 aromatic carbocycles. The van der Waals surface area contributed by atoms with Crippen LogP contribution >= 0.6 is 0 Å². The van der Waals surface area contributed by atoms with E-state index in [9.17, 15) is 22.4 Å². The summed E-state index contributed by atoms with van der Waals surface area (Å²) in [6, 6.07) is 9.78. The molecule has 0 radical (unpaired) electrons. The minimum Gasteiger partial charge on any atom is -0.494 e. The number of anilines is 2. The summed E-state index contributed by atoms with van der Waals surface area (Å²) in [7, 11) is -2.12. The van der Waals surface area contributed by atoms with Crippen LogP contribution in [0.4, 0.5) is 15.8 Å². The zero-order chi connectivity index (χ0) is 20.7. The van der Waals surface area contributed by atoms with Gasteiger partial charge < -0.3 is 15.4 Å². The Balaban J connectivity index is 2.00. The molecule has 0 aliphatic heterocycles. The molecule has 0 spiro atoms. The van der Waals surface area contributed by atoms with Crippen LogP contribution in [0.1, 0.15) is 17.3 Å². The van der Waals surface area contributed by atoms with Gasteiger partial charge in [0.2, 0.25) is 15.9 Å². The standard InChI is InChI=1S/C18H20FN3O5S/c1-3-28(25,26)22-15-9-8-12(10-16(15)27-2)21-17(23)11-20-18(24)13-6-4-5-7-14(13)19/h4-10,22H,3,11H2,1-2H3,(H,20,24)(H,21,23). The SMILES string of the molecule is CCS(=O)(=O)Nc1ccc(NC(=O)CNC(=O)c2ccccc2F)cc1OC. The van der Waals surface area contributed by atoms with Gasteiger partial charge in [0.15, 0.2) is 0 Å². The fourth-order valence-electron chi connectivity index (χ4n) is 2.20. The maximum Gasteiger partial charge on any atom is 0.254 e. The number of amides is 2. The van der Waals surface area contributed by atoms with E-state index in [0.717, 1.165) is 6.07 Å². The van der Waals surface area contributed by atoms with E-state index in [0.29, 0.717) is 5.69 Å². The number of halogens is 1. The van der Waals surface area contributed by atoms with E-state index >= 15 is 0 Å². The van der Waals surface area contributed by atoms with Gasteiger partial charge in [-0.2, -0.15) is 0 Å². The first-order valence-corrected chi connectivity index (χ1v) is 9.92. The predicted octanol–water partition coefficient (Wildman–Crippen LogP) is 1.96. The number of hydrogen-bond acceptors (Lipinski definition) is 5. The molecular weight excluding hydrogens is 389 g/mol. The Morgan fingerprint density at radius 3 is 2.50 bits per heavy atom. The summed E-state index contributed by atoms with van der Waals surface area (Å²) in [4.78, 5) is 23.9. The number of nitrogens with one attached hydrogen (secondary N) is 3. The number of sulfonamides is 1. The topological polar surface area (TPSA) is 114 Å². The highest BCUT2D eigenvalue weighted by molar-refractivity contribution is 7.92. The van der Waals surface area contributed by atoms with Gasteiger partial charge in [0.05, 0.1) is 30.7 Å². The van der Waals surface area contributed by atoms with Crippen LogP contribution in [0.15, 0.2) is 42.5 Å². The van der Waals surface area contributed by atoms with Gasteiger partial charge >= 0.3 is 0 Å². The van der Waals surface area contributed by atoms with Gasteiger partial charge in [0.25, 0.3) is 5.91 Å². The van der Waals surface area contributed by atoms with E-state index in [1.807, 2.05) is 0 Å². The van der Waals surface area contributed by atoms with Crippen molar-refractivity contribution in [2.45, 2.75) is 6.92 Å². The Morgan fingerprint density at radius 2 is 1.86 bits per heavy atom. The highest BCUT2D eigenvalue weighted by atomic mass is 32.2. The lowest BCUT2D eigenvalue weighted by Gasteiger charge is -2.13. The summed E-state index contributed by atoms with van der Waals surface area (Å²) < 4.78 is 44.4. The molecule has 0 saturated carbocycles. The number of benzene rings is 2. The van der Waals surface area contributed by atoms with Crippen molar-refractivity contribution in [3.05, 3.63) is 53.8 Å². The minimum absolute atomic E-state index is 0.101. The number of ether oxygens (including phenoxy) is 1. The molecule has 0 atom stereocenters. The summed E-state index contributed by atoms with van der Waals surface area (Å²) in [5, 5.41) is 4.86. The molecule has 0 heterocycles. The van der Waals surface area contributed by atoms with E-state index in [1.165, 1.54) is 50.4 Å². The Hall–Kier alpha value is -3.14. The van der Waals surface area contributed by atoms with Gasteiger partial charge in [0, 0.05) is 11.8 Å². The van der Waals surface area contributed by atoms with Crippen LogP contribution in [0.25, 0.3) is 0 Å². The molecule has 150 valence electrons. The molecule has 0 fully saturated rings. The molecule has 8 nitrogen and oxygen atoms in total. The second-order valence-electron chi connectivity index (χ2n) is 5.63. The van der Waals surface area contributed by atoms with Crippen LogP contribution in [0.5, 0.6) is 5.75 Å². The zero-order valence-corrected chi connectivity index (χ0v) is 16.1. The van der Waals surface area contributed by atoms with Crippen LogP contribution in [-0.2, 0) is 14.8 Å². The maximum absolute atomic E-state index is 13.6. The monoisotopic (exact) mass is 409 g/mol. The Labute approximate surface area is 162 Å². The average molecular weight is 409 g/mol. The molecule has 28 heavy (non-hydrogen) atoms. The van der Waals surface area contributed by atoms with Crippen molar-refractivity contribution in [3.8, 4) is 5.75 Å². The summed E-state index contributed by atoms with van der Waals surface area (Å²) in [6.07, 6.45) is 0. The Kier molecular flexibility index (Phi) is 6.94. The van der Waals surface area contributed by atoms with Crippen molar-refractivity contribution < 1.29 is 27.1 Å². The highest BCUT2D eigenvalue weighted by Gasteiger charge is 2.14. The zero-order valence-electron chi connectivity index (χ0n) is 15.3. The first kappa shape index (κ1) is 21.2. The molecule has 2 amide bonds. The van der Waals surface area contributed by atoms with Crippen LogP contribution in [0, 0.1) is 5.82 Å². The first-order valence-electron chi connectivity index (χ1n) is 8.27. The number of rotatable bonds is 8. The molecule has 0 unspecified atom stereocenters. The third kappa shape index (κ3) is 5.68. The third-order valence-corrected chi connectivity index (χ3v) is 4.95. The van der Waals surface area contributed by atoms with Gasteiger partial charge in [-0.3, -0.25) is 14.3 Å². The second kappa shape index (κ2) is 9.18. The van der Waals surface area contributed by atoms with Crippen molar-refractivity contribution in [1.82, 2.24) is 5.32 Å². The number of hydrogen-bond donors (Lipinski definition) is 3. The van der Waals surface area contributed by atoms with E-state index in [2.05, 4.69) is 15.4 Å². The smallest absolute Gasteiger partial charge is 0.254 e. The summed E-state index contributed by atoms with van der Waals surface area (Å²) >= 11 is 0. The van der Waals surface area contributed by atoms with Gasteiger partial charge in [0.1, 0.15) is 11.6 Å². The lowest BCUT2D eigenvalue weighted by Crippen LogP contribution is -2.33. The van der Waals surface area contributed by atoms with Gasteiger partial charge in [-0.15, -0.1) is 0 Å². The minimum atomic E-state index is -3.48. The quantitative estimate of drug-likeness (QED) is 0.617. The van der Waals surface area contributed by atoms with Gasteiger partial charge in [-0.1, -0.05) is 12.1 Å². The number of carbonyl (C=O) groups is 2. The molecule has 0 aromatic heterocycles. The molecule has 3 N–H and O–H groups in total. The Morgan fingerprint density at radius 1 is 1.14 bits per heavy atom. The van der Waals surface area contributed by atoms with Crippen molar-refractivity contribution >= 4 is 33.2 Å². The third-order valence-electron chi connectivity index (χ3n) is 3.66. The molecule has 2 rings (SSSR count). The lowest BCUT2D eigenvalue weighted by atomic mass is 10.2. The van der Waals surface area contributed by atoms with Gasteiger partial charge in [-0.25, -0.2) is 12.8 Å². The molecular formula is C18H20FN3O5S. The van der Waals surface area contributed by atoms with Crippen molar-refractivity contribution in [1.29, 1.82) is 0 Å². The normalized spacial score (nSPS) is 10.8. The molecule has 2 aromatic rings. The van der Waals surface area contributed by atoms with Crippen LogP contribution < -0.4 is 20.1 Å². The second-order valence-corrected chi connectivity index (χ2v) is 7.64. The van der Waals surface area contributed by atoms with Gasteiger partial charge in [-0.05, 0) is 31.2 Å². The molecule has 10 heteroatoms. The average Bonchev–Trinajstić information content (AvgIpc) is 2.67. The number of methoxy groups -OCH3 is 1. The maximum atomic E-state index is 13.6.